The second-order valence-corrected chi connectivity index (χ2v) is 6.02. The van der Waals surface area contributed by atoms with Crippen LogP contribution in [0.1, 0.15) is 17.0 Å². The first-order valence-electron chi connectivity index (χ1n) is 6.17. The lowest BCUT2D eigenvalue weighted by molar-refractivity contribution is 0.414. The van der Waals surface area contributed by atoms with Gasteiger partial charge in [0.25, 0.3) is 0 Å². The van der Waals surface area contributed by atoms with Crippen molar-refractivity contribution in [3.8, 4) is 5.75 Å². The van der Waals surface area contributed by atoms with Crippen molar-refractivity contribution in [3.05, 3.63) is 64.1 Å². The van der Waals surface area contributed by atoms with E-state index in [0.717, 1.165) is 22.0 Å². The zero-order valence-corrected chi connectivity index (χ0v) is 13.9. The van der Waals surface area contributed by atoms with E-state index in [1.54, 1.807) is 7.11 Å². The van der Waals surface area contributed by atoms with E-state index in [1.807, 2.05) is 12.1 Å². The zero-order valence-electron chi connectivity index (χ0n) is 10.8. The van der Waals surface area contributed by atoms with Gasteiger partial charge in [0.1, 0.15) is 5.75 Å². The average molecular weight is 384 g/mol. The van der Waals surface area contributed by atoms with Crippen molar-refractivity contribution in [1.82, 2.24) is 0 Å². The van der Waals surface area contributed by atoms with Gasteiger partial charge in [0.05, 0.1) is 7.11 Å². The molecule has 0 spiro atoms. The molecule has 1 atom stereocenters. The Balaban J connectivity index is 2.16. The first kappa shape index (κ1) is 14.6. The molecule has 3 heteroatoms. The Morgan fingerprint density at radius 1 is 1.11 bits per heavy atom. The highest BCUT2D eigenvalue weighted by Gasteiger charge is 2.11. The predicted octanol–water partition coefficient (Wildman–Crippen LogP) is 5.18. The quantitative estimate of drug-likeness (QED) is 0.646. The van der Waals surface area contributed by atoms with E-state index >= 15 is 0 Å². The highest BCUT2D eigenvalue weighted by atomic mass is 79.9. The molecule has 100 valence electrons. The second-order valence-electron chi connectivity index (χ2n) is 4.46. The molecule has 19 heavy (non-hydrogen) atoms. The number of methoxy groups -OCH3 is 1. The van der Waals surface area contributed by atoms with Gasteiger partial charge in [-0.1, -0.05) is 56.1 Å². The molecule has 0 saturated carbocycles. The molecule has 0 N–H and O–H groups in total. The summed E-state index contributed by atoms with van der Waals surface area (Å²) in [6.45, 7) is 0. The standard InChI is InChI=1S/C16H16Br2O/c1-19-16-4-2-3-12(10-16)9-14(11-17)13-5-7-15(18)8-6-13/h2-8,10,14H,9,11H2,1H3. The molecule has 2 aromatic rings. The third-order valence-corrected chi connectivity index (χ3v) is 4.45. The van der Waals surface area contributed by atoms with Crippen LogP contribution in [0.3, 0.4) is 0 Å². The van der Waals surface area contributed by atoms with Gasteiger partial charge in [0.15, 0.2) is 0 Å². The SMILES string of the molecule is COc1cccc(CC(CBr)c2ccc(Br)cc2)c1. The monoisotopic (exact) mass is 382 g/mol. The molecule has 0 fully saturated rings. The minimum atomic E-state index is 0.472. The molecule has 2 rings (SSSR count). The minimum absolute atomic E-state index is 0.472. The number of halogens is 2. The van der Waals surface area contributed by atoms with Crippen LogP contribution in [-0.4, -0.2) is 12.4 Å². The highest BCUT2D eigenvalue weighted by Crippen LogP contribution is 2.26. The molecule has 0 heterocycles. The van der Waals surface area contributed by atoms with Crippen molar-refractivity contribution in [2.45, 2.75) is 12.3 Å². The Kier molecular flexibility index (Phi) is 5.46. The lowest BCUT2D eigenvalue weighted by Crippen LogP contribution is -2.04. The molecule has 0 aliphatic heterocycles. The van der Waals surface area contributed by atoms with Crippen molar-refractivity contribution in [3.63, 3.8) is 0 Å². The molecule has 2 aromatic carbocycles. The van der Waals surface area contributed by atoms with Crippen molar-refractivity contribution in [2.75, 3.05) is 12.4 Å². The molecule has 0 radical (unpaired) electrons. The van der Waals surface area contributed by atoms with Crippen molar-refractivity contribution in [1.29, 1.82) is 0 Å². The lowest BCUT2D eigenvalue weighted by Gasteiger charge is -2.15. The number of benzene rings is 2. The highest BCUT2D eigenvalue weighted by molar-refractivity contribution is 9.10. The predicted molar refractivity (Wildman–Crippen MR) is 87.4 cm³/mol. The normalized spacial score (nSPS) is 12.2. The van der Waals surface area contributed by atoms with E-state index in [1.165, 1.54) is 11.1 Å². The topological polar surface area (TPSA) is 9.23 Å². The molecule has 1 unspecified atom stereocenters. The smallest absolute Gasteiger partial charge is 0.119 e. The molecular weight excluding hydrogens is 368 g/mol. The molecule has 0 amide bonds. The molecule has 0 bridgehead atoms. The van der Waals surface area contributed by atoms with Crippen LogP contribution in [0.2, 0.25) is 0 Å². The van der Waals surface area contributed by atoms with E-state index in [-0.39, 0.29) is 0 Å². The van der Waals surface area contributed by atoms with Gasteiger partial charge in [-0.15, -0.1) is 0 Å². The Hall–Kier alpha value is -0.800. The van der Waals surface area contributed by atoms with Crippen LogP contribution in [0.4, 0.5) is 0 Å². The fraction of sp³-hybridized carbons (Fsp3) is 0.250. The summed E-state index contributed by atoms with van der Waals surface area (Å²) in [5.74, 6) is 1.39. The molecule has 0 aliphatic rings. The van der Waals surface area contributed by atoms with Gasteiger partial charge in [-0.05, 0) is 47.7 Å². The Labute approximate surface area is 131 Å². The van der Waals surface area contributed by atoms with E-state index in [9.17, 15) is 0 Å². The third-order valence-electron chi connectivity index (χ3n) is 3.14. The maximum Gasteiger partial charge on any atom is 0.119 e. The van der Waals surface area contributed by atoms with Crippen LogP contribution >= 0.6 is 31.9 Å². The van der Waals surface area contributed by atoms with Gasteiger partial charge in [-0.25, -0.2) is 0 Å². The van der Waals surface area contributed by atoms with Crippen LogP contribution in [-0.2, 0) is 6.42 Å². The van der Waals surface area contributed by atoms with Gasteiger partial charge in [0.2, 0.25) is 0 Å². The Morgan fingerprint density at radius 3 is 2.47 bits per heavy atom. The van der Waals surface area contributed by atoms with Crippen LogP contribution in [0.15, 0.2) is 53.0 Å². The zero-order chi connectivity index (χ0) is 13.7. The van der Waals surface area contributed by atoms with Gasteiger partial charge in [0, 0.05) is 9.80 Å². The van der Waals surface area contributed by atoms with Gasteiger partial charge in [-0.2, -0.15) is 0 Å². The van der Waals surface area contributed by atoms with Gasteiger partial charge < -0.3 is 4.74 Å². The van der Waals surface area contributed by atoms with E-state index < -0.39 is 0 Å². The molecule has 0 aliphatic carbocycles. The van der Waals surface area contributed by atoms with E-state index in [2.05, 4.69) is 68.3 Å². The number of ether oxygens (including phenoxy) is 1. The van der Waals surface area contributed by atoms with Crippen LogP contribution < -0.4 is 4.74 Å². The molecule has 1 nitrogen and oxygen atoms in total. The summed E-state index contributed by atoms with van der Waals surface area (Å²) in [6.07, 6.45) is 1.00. The van der Waals surface area contributed by atoms with Crippen LogP contribution in [0.25, 0.3) is 0 Å². The summed E-state index contributed by atoms with van der Waals surface area (Å²) in [7, 11) is 1.70. The first-order chi connectivity index (χ1) is 9.22. The maximum absolute atomic E-state index is 5.27. The fourth-order valence-corrected chi connectivity index (χ4v) is 2.95. The van der Waals surface area contributed by atoms with Gasteiger partial charge >= 0.3 is 0 Å². The molecule has 0 aromatic heterocycles. The number of hydrogen-bond donors (Lipinski definition) is 0. The first-order valence-corrected chi connectivity index (χ1v) is 8.08. The maximum atomic E-state index is 5.27. The fourth-order valence-electron chi connectivity index (χ4n) is 2.08. The van der Waals surface area contributed by atoms with Crippen molar-refractivity contribution >= 4 is 31.9 Å². The number of rotatable bonds is 5. The lowest BCUT2D eigenvalue weighted by atomic mass is 9.94. The summed E-state index contributed by atoms with van der Waals surface area (Å²) < 4.78 is 6.39. The van der Waals surface area contributed by atoms with Crippen LogP contribution in [0.5, 0.6) is 5.75 Å². The average Bonchev–Trinajstić information content (AvgIpc) is 2.46. The number of hydrogen-bond acceptors (Lipinski definition) is 1. The molecule has 0 saturated heterocycles. The van der Waals surface area contributed by atoms with Crippen molar-refractivity contribution < 1.29 is 4.74 Å². The summed E-state index contributed by atoms with van der Waals surface area (Å²) >= 11 is 7.10. The number of alkyl halides is 1. The third kappa shape index (κ3) is 4.08. The summed E-state index contributed by atoms with van der Waals surface area (Å²) in [5.41, 5.74) is 2.65. The van der Waals surface area contributed by atoms with E-state index in [4.69, 9.17) is 4.74 Å². The summed E-state index contributed by atoms with van der Waals surface area (Å²) in [6, 6.07) is 16.8. The summed E-state index contributed by atoms with van der Waals surface area (Å²) in [5, 5.41) is 0.950. The Morgan fingerprint density at radius 2 is 1.84 bits per heavy atom. The van der Waals surface area contributed by atoms with E-state index in [0.29, 0.717) is 5.92 Å². The van der Waals surface area contributed by atoms with Crippen LogP contribution in [0, 0.1) is 0 Å². The second kappa shape index (κ2) is 7.11. The van der Waals surface area contributed by atoms with Gasteiger partial charge in [-0.3, -0.25) is 0 Å². The van der Waals surface area contributed by atoms with Crippen molar-refractivity contribution in [2.24, 2.45) is 0 Å². The summed E-state index contributed by atoms with van der Waals surface area (Å²) in [4.78, 5) is 0. The largest absolute Gasteiger partial charge is 0.497 e. The molecular formula is C16H16Br2O. The minimum Gasteiger partial charge on any atom is -0.497 e. The Bertz CT molecular complexity index is 523.